The van der Waals surface area contributed by atoms with E-state index in [4.69, 9.17) is 18.9 Å². The summed E-state index contributed by atoms with van der Waals surface area (Å²) in [5.41, 5.74) is 0.604. The molecule has 1 N–H and O–H groups in total. The smallest absolute Gasteiger partial charge is 0.325 e. The number of halogens is 1. The van der Waals surface area contributed by atoms with E-state index in [-0.39, 0.29) is 12.1 Å². The maximum atomic E-state index is 13.1. The van der Waals surface area contributed by atoms with E-state index in [1.165, 1.54) is 0 Å². The van der Waals surface area contributed by atoms with Crippen molar-refractivity contribution in [1.29, 1.82) is 0 Å². The van der Waals surface area contributed by atoms with E-state index >= 15 is 0 Å². The number of methoxy groups -OCH3 is 3. The number of urea groups is 1. The third kappa shape index (κ3) is 2.92. The van der Waals surface area contributed by atoms with Gasteiger partial charge in [-0.1, -0.05) is 15.9 Å². The minimum atomic E-state index is -0.904. The Balaban J connectivity index is 1.83. The van der Waals surface area contributed by atoms with Gasteiger partial charge in [-0.15, -0.1) is 0 Å². The fourth-order valence-electron chi connectivity index (χ4n) is 3.86. The van der Waals surface area contributed by atoms with Crippen LogP contribution in [-0.4, -0.2) is 33.1 Å². The van der Waals surface area contributed by atoms with E-state index in [0.717, 1.165) is 10.0 Å². The zero-order chi connectivity index (χ0) is 20.1. The number of ether oxygens (including phenoxy) is 4. The molecule has 0 radical (unpaired) electrons. The Hall–Kier alpha value is -2.61. The van der Waals surface area contributed by atoms with E-state index in [0.29, 0.717) is 35.1 Å². The first-order valence-corrected chi connectivity index (χ1v) is 9.58. The van der Waals surface area contributed by atoms with Gasteiger partial charge in [-0.05, 0) is 19.1 Å². The molecule has 8 heteroatoms. The molecule has 2 amide bonds. The fraction of sp³-hybridized carbons (Fsp3) is 0.350. The fourth-order valence-corrected chi connectivity index (χ4v) is 4.32. The maximum absolute atomic E-state index is 13.1. The zero-order valence-electron chi connectivity index (χ0n) is 16.0. The van der Waals surface area contributed by atoms with Crippen LogP contribution in [0.2, 0.25) is 0 Å². The third-order valence-corrected chi connectivity index (χ3v) is 5.57. The minimum absolute atomic E-state index is 0.184. The highest BCUT2D eigenvalue weighted by Crippen LogP contribution is 2.50. The number of carbonyl (C=O) groups is 1. The van der Waals surface area contributed by atoms with Crippen LogP contribution in [0.25, 0.3) is 0 Å². The lowest BCUT2D eigenvalue weighted by molar-refractivity contribution is 0.0348. The number of fused-ring (bicyclic) bond motifs is 4. The second kappa shape index (κ2) is 6.77. The van der Waals surface area contributed by atoms with E-state index in [9.17, 15) is 4.79 Å². The van der Waals surface area contributed by atoms with Crippen molar-refractivity contribution < 1.29 is 23.7 Å². The highest BCUT2D eigenvalue weighted by atomic mass is 79.9. The first kappa shape index (κ1) is 18.7. The van der Waals surface area contributed by atoms with Crippen LogP contribution in [0.4, 0.5) is 10.5 Å². The van der Waals surface area contributed by atoms with Crippen molar-refractivity contribution in [2.75, 3.05) is 26.2 Å². The molecule has 2 aromatic carbocycles. The number of carbonyl (C=O) groups excluding carboxylic acids is 1. The first-order valence-electron chi connectivity index (χ1n) is 8.79. The molecular formula is C20H21BrN2O5. The van der Waals surface area contributed by atoms with Crippen molar-refractivity contribution in [3.8, 4) is 23.0 Å². The number of amides is 2. The Morgan fingerprint density at radius 1 is 1.11 bits per heavy atom. The minimum Gasteiger partial charge on any atom is -0.497 e. The number of benzene rings is 2. The van der Waals surface area contributed by atoms with E-state index < -0.39 is 5.72 Å². The van der Waals surface area contributed by atoms with Gasteiger partial charge in [0.05, 0.1) is 33.1 Å². The molecule has 2 atom stereocenters. The Morgan fingerprint density at radius 2 is 1.79 bits per heavy atom. The van der Waals surface area contributed by atoms with Crippen molar-refractivity contribution in [3.63, 3.8) is 0 Å². The molecule has 2 aliphatic rings. The van der Waals surface area contributed by atoms with Gasteiger partial charge < -0.3 is 24.3 Å². The molecule has 0 aliphatic carbocycles. The number of nitrogens with zero attached hydrogens (tertiary/aromatic N) is 1. The SMILES string of the molecule is COc1cc(OC)cc(N2C(=O)N[C@H]3C[C@@]2(C)Oc2c(OC)cc(Br)cc23)c1. The summed E-state index contributed by atoms with van der Waals surface area (Å²) in [5, 5.41) is 3.08. The summed E-state index contributed by atoms with van der Waals surface area (Å²) in [4.78, 5) is 14.7. The molecule has 0 spiro atoms. The third-order valence-electron chi connectivity index (χ3n) is 5.12. The van der Waals surface area contributed by atoms with Crippen LogP contribution in [0.3, 0.4) is 0 Å². The van der Waals surface area contributed by atoms with Gasteiger partial charge in [0, 0.05) is 34.7 Å². The number of rotatable bonds is 4. The molecule has 28 heavy (non-hydrogen) atoms. The van der Waals surface area contributed by atoms with Gasteiger partial charge in [0.15, 0.2) is 17.2 Å². The summed E-state index contributed by atoms with van der Waals surface area (Å²) in [6.45, 7) is 1.90. The summed E-state index contributed by atoms with van der Waals surface area (Å²) < 4.78 is 23.5. The van der Waals surface area contributed by atoms with Crippen LogP contribution in [-0.2, 0) is 0 Å². The molecule has 0 aromatic heterocycles. The van der Waals surface area contributed by atoms with Gasteiger partial charge in [-0.25, -0.2) is 4.79 Å². The molecule has 4 rings (SSSR count). The first-order chi connectivity index (χ1) is 13.4. The van der Waals surface area contributed by atoms with Crippen LogP contribution in [0, 0.1) is 0 Å². The van der Waals surface area contributed by atoms with E-state index in [1.807, 2.05) is 19.1 Å². The number of anilines is 1. The summed E-state index contributed by atoms with van der Waals surface area (Å²) in [5.74, 6) is 2.42. The molecular weight excluding hydrogens is 428 g/mol. The van der Waals surface area contributed by atoms with Crippen LogP contribution in [0.1, 0.15) is 24.9 Å². The Bertz CT molecular complexity index is 928. The molecule has 0 unspecified atom stereocenters. The average molecular weight is 449 g/mol. The quantitative estimate of drug-likeness (QED) is 0.756. The van der Waals surface area contributed by atoms with Crippen molar-refractivity contribution in [3.05, 3.63) is 40.4 Å². The standard InChI is InChI=1S/C20H21BrN2O5/c1-20-10-16(15-5-11(21)6-17(27-4)18(15)28-20)22-19(24)23(20)12-7-13(25-2)9-14(8-12)26-3/h5-9,16H,10H2,1-4H3,(H,22,24)/t16-,20+/m0/s1. The van der Waals surface area contributed by atoms with Gasteiger partial charge >= 0.3 is 6.03 Å². The number of hydrogen-bond donors (Lipinski definition) is 1. The normalized spacial score (nSPS) is 22.7. The average Bonchev–Trinajstić information content (AvgIpc) is 2.67. The second-order valence-corrected chi connectivity index (χ2v) is 7.83. The van der Waals surface area contributed by atoms with Crippen molar-refractivity contribution in [2.24, 2.45) is 0 Å². The predicted octanol–water partition coefficient (Wildman–Crippen LogP) is 4.24. The van der Waals surface area contributed by atoms with Crippen LogP contribution < -0.4 is 29.2 Å². The monoisotopic (exact) mass is 448 g/mol. The Labute approximate surface area is 171 Å². The Kier molecular flexibility index (Phi) is 4.53. The van der Waals surface area contributed by atoms with Crippen molar-refractivity contribution in [2.45, 2.75) is 25.1 Å². The zero-order valence-corrected chi connectivity index (χ0v) is 17.6. The van der Waals surface area contributed by atoms with Gasteiger partial charge in [0.1, 0.15) is 11.5 Å². The molecule has 2 heterocycles. The van der Waals surface area contributed by atoms with Crippen LogP contribution in [0.5, 0.6) is 23.0 Å². The predicted molar refractivity (Wildman–Crippen MR) is 108 cm³/mol. The highest BCUT2D eigenvalue weighted by Gasteiger charge is 2.51. The largest absolute Gasteiger partial charge is 0.497 e. The Morgan fingerprint density at radius 3 is 2.39 bits per heavy atom. The van der Waals surface area contributed by atoms with Gasteiger partial charge in [0.2, 0.25) is 0 Å². The van der Waals surface area contributed by atoms with Crippen molar-refractivity contribution >= 4 is 27.6 Å². The molecule has 7 nitrogen and oxygen atoms in total. The molecule has 1 fully saturated rings. The highest BCUT2D eigenvalue weighted by molar-refractivity contribution is 9.10. The lowest BCUT2D eigenvalue weighted by atomic mass is 9.90. The van der Waals surface area contributed by atoms with Crippen LogP contribution in [0.15, 0.2) is 34.8 Å². The van der Waals surface area contributed by atoms with Gasteiger partial charge in [-0.3, -0.25) is 4.90 Å². The van der Waals surface area contributed by atoms with Gasteiger partial charge in [-0.2, -0.15) is 0 Å². The summed E-state index contributed by atoms with van der Waals surface area (Å²) in [6, 6.07) is 8.69. The maximum Gasteiger partial charge on any atom is 0.325 e. The van der Waals surface area contributed by atoms with Gasteiger partial charge in [0.25, 0.3) is 0 Å². The molecule has 0 saturated carbocycles. The molecule has 2 bridgehead atoms. The molecule has 2 aliphatic heterocycles. The van der Waals surface area contributed by atoms with Crippen molar-refractivity contribution in [1.82, 2.24) is 5.32 Å². The summed E-state index contributed by atoms with van der Waals surface area (Å²) in [7, 11) is 4.74. The summed E-state index contributed by atoms with van der Waals surface area (Å²) >= 11 is 3.49. The molecule has 148 valence electrons. The van der Waals surface area contributed by atoms with Crippen LogP contribution >= 0.6 is 15.9 Å². The second-order valence-electron chi connectivity index (χ2n) is 6.92. The topological polar surface area (TPSA) is 69.3 Å². The van der Waals surface area contributed by atoms with E-state index in [2.05, 4.69) is 21.2 Å². The lowest BCUT2D eigenvalue weighted by Crippen LogP contribution is -2.65. The molecule has 2 aromatic rings. The molecule has 1 saturated heterocycles. The number of nitrogens with one attached hydrogen (secondary N) is 1. The number of hydrogen-bond acceptors (Lipinski definition) is 5. The lowest BCUT2D eigenvalue weighted by Gasteiger charge is -2.50. The van der Waals surface area contributed by atoms with E-state index in [1.54, 1.807) is 44.4 Å². The summed E-state index contributed by atoms with van der Waals surface area (Å²) in [6.07, 6.45) is 0.574.